The van der Waals surface area contributed by atoms with Crippen molar-refractivity contribution in [3.8, 4) is 11.5 Å². The van der Waals surface area contributed by atoms with Gasteiger partial charge in [0.25, 0.3) is 0 Å². The van der Waals surface area contributed by atoms with E-state index >= 15 is 0 Å². The number of nitrogens with one attached hydrogen (secondary N) is 2. The number of ether oxygens (including phenoxy) is 2. The van der Waals surface area contributed by atoms with E-state index in [0.29, 0.717) is 25.3 Å². The van der Waals surface area contributed by atoms with Crippen LogP contribution in [0.5, 0.6) is 11.5 Å². The molecule has 0 spiro atoms. The minimum Gasteiger partial charge on any atom is -0.491 e. The van der Waals surface area contributed by atoms with Crippen LogP contribution in [-0.4, -0.2) is 87.5 Å². The standard InChI is InChI=1S/C32H52N4O2/c1-25-11-7-12-26(2)31(25)37-23-29(5)33-15-9-17-35-19-21-36(22-20-35)18-10-16-34-30(6)24-38-32-27(3)13-8-14-28(32)4/h7-8,11-14,29-30,33-34H,9-10,15-24H2,1-6H3. The molecule has 6 heteroatoms. The van der Waals surface area contributed by atoms with Crippen molar-refractivity contribution in [3.63, 3.8) is 0 Å². The summed E-state index contributed by atoms with van der Waals surface area (Å²) in [5, 5.41) is 7.26. The number of para-hydroxylation sites is 2. The Kier molecular flexibility index (Phi) is 12.9. The SMILES string of the molecule is Cc1cccc(C)c1OCC(C)NCCCN1CCN(CCCNC(C)COc2c(C)cccc2C)CC1. The molecule has 2 aromatic carbocycles. The highest BCUT2D eigenvalue weighted by atomic mass is 16.5. The van der Waals surface area contributed by atoms with Crippen LogP contribution in [-0.2, 0) is 0 Å². The third-order valence-corrected chi connectivity index (χ3v) is 7.53. The van der Waals surface area contributed by atoms with Gasteiger partial charge in [-0.1, -0.05) is 36.4 Å². The third-order valence-electron chi connectivity index (χ3n) is 7.53. The first-order valence-corrected chi connectivity index (χ1v) is 14.6. The molecule has 0 saturated carbocycles. The molecule has 38 heavy (non-hydrogen) atoms. The average Bonchev–Trinajstić information content (AvgIpc) is 2.89. The molecule has 1 saturated heterocycles. The molecule has 0 radical (unpaired) electrons. The molecule has 0 aromatic heterocycles. The van der Waals surface area contributed by atoms with Crippen LogP contribution in [0.2, 0.25) is 0 Å². The second-order valence-electron chi connectivity index (χ2n) is 11.2. The van der Waals surface area contributed by atoms with E-state index < -0.39 is 0 Å². The summed E-state index contributed by atoms with van der Waals surface area (Å²) in [6, 6.07) is 13.3. The lowest BCUT2D eigenvalue weighted by molar-refractivity contribution is 0.129. The highest BCUT2D eigenvalue weighted by molar-refractivity contribution is 5.40. The Balaban J connectivity index is 1.18. The van der Waals surface area contributed by atoms with Crippen molar-refractivity contribution in [1.82, 2.24) is 20.4 Å². The monoisotopic (exact) mass is 524 g/mol. The van der Waals surface area contributed by atoms with Crippen molar-refractivity contribution in [1.29, 1.82) is 0 Å². The molecule has 2 N–H and O–H groups in total. The molecule has 2 aromatic rings. The van der Waals surface area contributed by atoms with Crippen molar-refractivity contribution >= 4 is 0 Å². The summed E-state index contributed by atoms with van der Waals surface area (Å²) in [7, 11) is 0. The van der Waals surface area contributed by atoms with Gasteiger partial charge in [0.2, 0.25) is 0 Å². The Morgan fingerprint density at radius 2 is 0.974 bits per heavy atom. The molecule has 3 rings (SSSR count). The van der Waals surface area contributed by atoms with Crippen molar-refractivity contribution < 1.29 is 9.47 Å². The Bertz CT molecular complexity index is 840. The lowest BCUT2D eigenvalue weighted by Crippen LogP contribution is -2.47. The zero-order chi connectivity index (χ0) is 27.3. The van der Waals surface area contributed by atoms with Crippen LogP contribution < -0.4 is 20.1 Å². The first-order valence-electron chi connectivity index (χ1n) is 14.6. The number of rotatable bonds is 16. The summed E-state index contributed by atoms with van der Waals surface area (Å²) in [5.41, 5.74) is 4.84. The Morgan fingerprint density at radius 1 is 0.632 bits per heavy atom. The van der Waals surface area contributed by atoms with Gasteiger partial charge in [-0.05, 0) is 103 Å². The molecule has 0 amide bonds. The minimum absolute atomic E-state index is 0.348. The molecule has 0 bridgehead atoms. The van der Waals surface area contributed by atoms with E-state index in [-0.39, 0.29) is 0 Å². The number of nitrogens with zero attached hydrogens (tertiary/aromatic N) is 2. The van der Waals surface area contributed by atoms with E-state index in [4.69, 9.17) is 9.47 Å². The second-order valence-corrected chi connectivity index (χ2v) is 11.2. The molecule has 1 aliphatic rings. The number of benzene rings is 2. The number of piperazine rings is 1. The van der Waals surface area contributed by atoms with Crippen LogP contribution in [0.1, 0.15) is 48.9 Å². The van der Waals surface area contributed by atoms with Crippen molar-refractivity contribution in [2.24, 2.45) is 0 Å². The Labute approximate surface area is 232 Å². The lowest BCUT2D eigenvalue weighted by atomic mass is 10.1. The highest BCUT2D eigenvalue weighted by Crippen LogP contribution is 2.23. The van der Waals surface area contributed by atoms with E-state index in [2.05, 4.69) is 98.4 Å². The predicted molar refractivity (Wildman–Crippen MR) is 160 cm³/mol. The molecule has 2 unspecified atom stereocenters. The molecular formula is C32H52N4O2. The van der Waals surface area contributed by atoms with Crippen LogP contribution in [0.15, 0.2) is 36.4 Å². The topological polar surface area (TPSA) is 49.0 Å². The second kappa shape index (κ2) is 16.1. The maximum Gasteiger partial charge on any atom is 0.125 e. The fourth-order valence-electron chi connectivity index (χ4n) is 5.13. The van der Waals surface area contributed by atoms with Gasteiger partial charge in [-0.3, -0.25) is 0 Å². The fourth-order valence-corrected chi connectivity index (χ4v) is 5.13. The largest absolute Gasteiger partial charge is 0.491 e. The van der Waals surface area contributed by atoms with Gasteiger partial charge in [0.1, 0.15) is 24.7 Å². The summed E-state index contributed by atoms with van der Waals surface area (Å²) in [5.74, 6) is 2.07. The normalized spacial score (nSPS) is 16.4. The smallest absolute Gasteiger partial charge is 0.125 e. The zero-order valence-electron chi connectivity index (χ0n) is 24.8. The molecule has 0 aliphatic carbocycles. The van der Waals surface area contributed by atoms with Crippen LogP contribution >= 0.6 is 0 Å². The number of hydrogen-bond acceptors (Lipinski definition) is 6. The molecule has 1 fully saturated rings. The van der Waals surface area contributed by atoms with Gasteiger partial charge in [-0.2, -0.15) is 0 Å². The zero-order valence-corrected chi connectivity index (χ0v) is 24.8. The first-order chi connectivity index (χ1) is 18.3. The van der Waals surface area contributed by atoms with Crippen molar-refractivity contribution in [3.05, 3.63) is 58.7 Å². The van der Waals surface area contributed by atoms with E-state index in [1.807, 2.05) is 0 Å². The van der Waals surface area contributed by atoms with Crippen molar-refractivity contribution in [2.45, 2.75) is 66.5 Å². The molecule has 2 atom stereocenters. The van der Waals surface area contributed by atoms with Gasteiger partial charge in [0, 0.05) is 38.3 Å². The minimum atomic E-state index is 0.348. The lowest BCUT2D eigenvalue weighted by Gasteiger charge is -2.34. The number of hydrogen-bond donors (Lipinski definition) is 2. The Hall–Kier alpha value is -2.12. The molecule has 1 aliphatic heterocycles. The third kappa shape index (κ3) is 10.2. The van der Waals surface area contributed by atoms with Crippen LogP contribution in [0, 0.1) is 27.7 Å². The average molecular weight is 525 g/mol. The summed E-state index contributed by atoms with van der Waals surface area (Å²) in [6.07, 6.45) is 2.36. The fraction of sp³-hybridized carbons (Fsp3) is 0.625. The van der Waals surface area contributed by atoms with Gasteiger partial charge in [0.05, 0.1) is 0 Å². The molecule has 212 valence electrons. The van der Waals surface area contributed by atoms with Crippen LogP contribution in [0.25, 0.3) is 0 Å². The highest BCUT2D eigenvalue weighted by Gasteiger charge is 2.16. The van der Waals surface area contributed by atoms with E-state index in [1.54, 1.807) is 0 Å². The van der Waals surface area contributed by atoms with Crippen molar-refractivity contribution in [2.75, 3.05) is 65.6 Å². The Morgan fingerprint density at radius 3 is 1.32 bits per heavy atom. The van der Waals surface area contributed by atoms with E-state index in [9.17, 15) is 0 Å². The molecule has 1 heterocycles. The van der Waals surface area contributed by atoms with Gasteiger partial charge < -0.3 is 29.9 Å². The van der Waals surface area contributed by atoms with Crippen LogP contribution in [0.4, 0.5) is 0 Å². The van der Waals surface area contributed by atoms with Gasteiger partial charge in [0.15, 0.2) is 0 Å². The first kappa shape index (κ1) is 30.4. The van der Waals surface area contributed by atoms with E-state index in [0.717, 1.165) is 24.6 Å². The predicted octanol–water partition coefficient (Wildman–Crippen LogP) is 4.73. The molecule has 6 nitrogen and oxygen atoms in total. The quantitative estimate of drug-likeness (QED) is 0.310. The summed E-state index contributed by atoms with van der Waals surface area (Å²) >= 11 is 0. The van der Waals surface area contributed by atoms with Gasteiger partial charge in [-0.15, -0.1) is 0 Å². The maximum absolute atomic E-state index is 6.09. The summed E-state index contributed by atoms with van der Waals surface area (Å²) in [6.45, 7) is 23.4. The van der Waals surface area contributed by atoms with Gasteiger partial charge in [-0.25, -0.2) is 0 Å². The summed E-state index contributed by atoms with van der Waals surface area (Å²) in [4.78, 5) is 5.22. The van der Waals surface area contributed by atoms with E-state index in [1.165, 1.54) is 74.4 Å². The molecular weight excluding hydrogens is 472 g/mol. The maximum atomic E-state index is 6.09. The van der Waals surface area contributed by atoms with Crippen LogP contribution in [0.3, 0.4) is 0 Å². The summed E-state index contributed by atoms with van der Waals surface area (Å²) < 4.78 is 12.2. The number of aryl methyl sites for hydroxylation is 4. The van der Waals surface area contributed by atoms with Gasteiger partial charge >= 0.3 is 0 Å².